The molecule has 0 fully saturated rings. The van der Waals surface area contributed by atoms with E-state index in [1.165, 1.54) is 6.07 Å². The van der Waals surface area contributed by atoms with Crippen LogP contribution in [0.15, 0.2) is 22.7 Å². The lowest BCUT2D eigenvalue weighted by Crippen LogP contribution is -2.22. The molecule has 15 heavy (non-hydrogen) atoms. The van der Waals surface area contributed by atoms with E-state index in [-0.39, 0.29) is 18.3 Å². The molecule has 1 rings (SSSR count). The standard InChI is InChI=1S/C11H15BrFNO/c1-8(7-15)5-14-6-9-2-3-11(13)10(12)4-9/h2-4,8,14-15H,5-7H2,1H3. The van der Waals surface area contributed by atoms with Crippen LogP contribution in [-0.2, 0) is 6.54 Å². The molecule has 0 amide bonds. The van der Waals surface area contributed by atoms with Crippen LogP contribution in [0.3, 0.4) is 0 Å². The topological polar surface area (TPSA) is 32.3 Å². The monoisotopic (exact) mass is 275 g/mol. The predicted molar refractivity (Wildman–Crippen MR) is 62.1 cm³/mol. The number of hydrogen-bond donors (Lipinski definition) is 2. The van der Waals surface area contributed by atoms with Crippen LogP contribution in [0.2, 0.25) is 0 Å². The highest BCUT2D eigenvalue weighted by Gasteiger charge is 2.02. The highest BCUT2D eigenvalue weighted by atomic mass is 79.9. The molecule has 4 heteroatoms. The van der Waals surface area contributed by atoms with E-state index in [2.05, 4.69) is 21.2 Å². The second kappa shape index (κ2) is 6.20. The fourth-order valence-electron chi connectivity index (χ4n) is 1.18. The summed E-state index contributed by atoms with van der Waals surface area (Å²) in [6.07, 6.45) is 0. The van der Waals surface area contributed by atoms with Gasteiger partial charge in [0.25, 0.3) is 0 Å². The van der Waals surface area contributed by atoms with Crippen molar-refractivity contribution in [3.8, 4) is 0 Å². The molecular formula is C11H15BrFNO. The van der Waals surface area contributed by atoms with Gasteiger partial charge in [0.05, 0.1) is 4.47 Å². The molecule has 2 N–H and O–H groups in total. The summed E-state index contributed by atoms with van der Waals surface area (Å²) in [6, 6.07) is 4.94. The molecule has 2 nitrogen and oxygen atoms in total. The molecule has 0 spiro atoms. The van der Waals surface area contributed by atoms with Gasteiger partial charge in [-0.05, 0) is 39.5 Å². The minimum absolute atomic E-state index is 0.181. The van der Waals surface area contributed by atoms with Gasteiger partial charge in [-0.2, -0.15) is 0 Å². The van der Waals surface area contributed by atoms with Crippen LogP contribution in [-0.4, -0.2) is 18.3 Å². The molecule has 1 atom stereocenters. The van der Waals surface area contributed by atoms with Crippen molar-refractivity contribution in [1.82, 2.24) is 5.32 Å². The van der Waals surface area contributed by atoms with Crippen LogP contribution in [0.25, 0.3) is 0 Å². The van der Waals surface area contributed by atoms with Gasteiger partial charge in [-0.25, -0.2) is 4.39 Å². The van der Waals surface area contributed by atoms with E-state index in [1.54, 1.807) is 12.1 Å². The summed E-state index contributed by atoms with van der Waals surface area (Å²) in [5.41, 5.74) is 1.02. The molecule has 84 valence electrons. The zero-order valence-electron chi connectivity index (χ0n) is 8.63. The maximum absolute atomic E-state index is 12.9. The van der Waals surface area contributed by atoms with E-state index >= 15 is 0 Å². The summed E-state index contributed by atoms with van der Waals surface area (Å²) < 4.78 is 13.4. The Labute approximate surface area is 97.6 Å². The van der Waals surface area contributed by atoms with Gasteiger partial charge >= 0.3 is 0 Å². The van der Waals surface area contributed by atoms with Crippen LogP contribution in [0.1, 0.15) is 12.5 Å². The van der Waals surface area contributed by atoms with E-state index < -0.39 is 0 Å². The average Bonchev–Trinajstić information content (AvgIpc) is 2.23. The van der Waals surface area contributed by atoms with Crippen molar-refractivity contribution >= 4 is 15.9 Å². The van der Waals surface area contributed by atoms with Gasteiger partial charge in [-0.15, -0.1) is 0 Å². The van der Waals surface area contributed by atoms with Crippen LogP contribution in [0.5, 0.6) is 0 Å². The van der Waals surface area contributed by atoms with Gasteiger partial charge in [-0.1, -0.05) is 13.0 Å². The Bertz CT molecular complexity index is 319. The van der Waals surface area contributed by atoms with E-state index in [9.17, 15) is 4.39 Å². The van der Waals surface area contributed by atoms with Gasteiger partial charge in [-0.3, -0.25) is 0 Å². The molecule has 0 saturated heterocycles. The van der Waals surface area contributed by atoms with Crippen LogP contribution < -0.4 is 5.32 Å². The molecule has 1 unspecified atom stereocenters. The lowest BCUT2D eigenvalue weighted by molar-refractivity contribution is 0.233. The molecule has 0 aliphatic rings. The van der Waals surface area contributed by atoms with Crippen molar-refractivity contribution in [2.75, 3.05) is 13.2 Å². The highest BCUT2D eigenvalue weighted by Crippen LogP contribution is 2.16. The number of rotatable bonds is 5. The maximum atomic E-state index is 12.9. The van der Waals surface area contributed by atoms with Crippen LogP contribution >= 0.6 is 15.9 Å². The number of benzene rings is 1. The number of aliphatic hydroxyl groups excluding tert-OH is 1. The average molecular weight is 276 g/mol. The molecule has 1 aromatic rings. The summed E-state index contributed by atoms with van der Waals surface area (Å²) in [5.74, 6) is -0.00337. The molecule has 0 heterocycles. The molecular weight excluding hydrogens is 261 g/mol. The quantitative estimate of drug-likeness (QED) is 0.865. The summed E-state index contributed by atoms with van der Waals surface area (Å²) in [7, 11) is 0. The number of halogens is 2. The summed E-state index contributed by atoms with van der Waals surface area (Å²) in [4.78, 5) is 0. The van der Waals surface area contributed by atoms with E-state index in [4.69, 9.17) is 5.11 Å². The Hall–Kier alpha value is -0.450. The van der Waals surface area contributed by atoms with Crippen molar-refractivity contribution in [2.24, 2.45) is 5.92 Å². The largest absolute Gasteiger partial charge is 0.396 e. The lowest BCUT2D eigenvalue weighted by atomic mass is 10.2. The summed E-state index contributed by atoms with van der Waals surface area (Å²) in [5, 5.41) is 12.0. The SMILES string of the molecule is CC(CO)CNCc1ccc(F)c(Br)c1. The Kier molecular flexibility index (Phi) is 5.22. The van der Waals surface area contributed by atoms with Crippen molar-refractivity contribution in [2.45, 2.75) is 13.5 Å². The number of nitrogens with one attached hydrogen (secondary N) is 1. The van der Waals surface area contributed by atoms with Crippen LogP contribution in [0.4, 0.5) is 4.39 Å². The fourth-order valence-corrected chi connectivity index (χ4v) is 1.60. The highest BCUT2D eigenvalue weighted by molar-refractivity contribution is 9.10. The maximum Gasteiger partial charge on any atom is 0.137 e. The Morgan fingerprint density at radius 3 is 2.87 bits per heavy atom. The second-order valence-corrected chi connectivity index (χ2v) is 4.52. The molecule has 1 aromatic carbocycles. The van der Waals surface area contributed by atoms with Crippen molar-refractivity contribution in [3.05, 3.63) is 34.1 Å². The predicted octanol–water partition coefficient (Wildman–Crippen LogP) is 2.31. The first kappa shape index (κ1) is 12.6. The van der Waals surface area contributed by atoms with E-state index in [0.29, 0.717) is 11.0 Å². The number of hydrogen-bond acceptors (Lipinski definition) is 2. The third kappa shape index (κ3) is 4.28. The van der Waals surface area contributed by atoms with Crippen molar-refractivity contribution in [1.29, 1.82) is 0 Å². The van der Waals surface area contributed by atoms with E-state index in [0.717, 1.165) is 12.1 Å². The third-order valence-corrected chi connectivity index (χ3v) is 2.73. The Morgan fingerprint density at radius 2 is 2.27 bits per heavy atom. The fraction of sp³-hybridized carbons (Fsp3) is 0.455. The zero-order chi connectivity index (χ0) is 11.3. The van der Waals surface area contributed by atoms with Crippen molar-refractivity contribution < 1.29 is 9.50 Å². The van der Waals surface area contributed by atoms with Gasteiger partial charge in [0, 0.05) is 19.7 Å². The van der Waals surface area contributed by atoms with Gasteiger partial charge in [0.2, 0.25) is 0 Å². The minimum Gasteiger partial charge on any atom is -0.396 e. The Morgan fingerprint density at radius 1 is 1.53 bits per heavy atom. The first-order valence-corrected chi connectivity index (χ1v) is 5.68. The lowest BCUT2D eigenvalue weighted by Gasteiger charge is -2.09. The molecule has 0 bridgehead atoms. The molecule has 0 saturated carbocycles. The zero-order valence-corrected chi connectivity index (χ0v) is 10.2. The molecule has 0 aromatic heterocycles. The number of aliphatic hydroxyl groups is 1. The smallest absolute Gasteiger partial charge is 0.137 e. The summed E-state index contributed by atoms with van der Waals surface area (Å²) >= 11 is 3.14. The van der Waals surface area contributed by atoms with Crippen molar-refractivity contribution in [3.63, 3.8) is 0 Å². The normalized spacial score (nSPS) is 12.8. The molecule has 0 aliphatic carbocycles. The first-order valence-electron chi connectivity index (χ1n) is 4.89. The first-order chi connectivity index (χ1) is 7.13. The van der Waals surface area contributed by atoms with Gasteiger partial charge < -0.3 is 10.4 Å². The second-order valence-electron chi connectivity index (χ2n) is 3.67. The van der Waals surface area contributed by atoms with Crippen LogP contribution in [0, 0.1) is 11.7 Å². The Balaban J connectivity index is 2.41. The summed E-state index contributed by atoms with van der Waals surface area (Å²) in [6.45, 7) is 3.59. The van der Waals surface area contributed by atoms with E-state index in [1.807, 2.05) is 6.92 Å². The van der Waals surface area contributed by atoms with Gasteiger partial charge in [0.1, 0.15) is 5.82 Å². The third-order valence-electron chi connectivity index (χ3n) is 2.12. The molecule has 0 radical (unpaired) electrons. The molecule has 0 aliphatic heterocycles. The van der Waals surface area contributed by atoms with Gasteiger partial charge in [0.15, 0.2) is 0 Å². The minimum atomic E-state index is -0.248.